The summed E-state index contributed by atoms with van der Waals surface area (Å²) < 4.78 is 5.08. The Morgan fingerprint density at radius 3 is 1.56 bits per heavy atom. The summed E-state index contributed by atoms with van der Waals surface area (Å²) in [5, 5.41) is 2.58. The van der Waals surface area contributed by atoms with Crippen LogP contribution in [0.4, 0.5) is 11.4 Å². The molecule has 0 amide bonds. The minimum absolute atomic E-state index is 1.00. The van der Waals surface area contributed by atoms with Gasteiger partial charge in [-0.05, 0) is 94.3 Å². The number of hydrogen-bond acceptors (Lipinski definition) is 2. The average molecular weight is 773 g/mol. The minimum Gasteiger partial charge on any atom is -0.310 e. The first kappa shape index (κ1) is 35.0. The molecule has 2 heterocycles. The van der Waals surface area contributed by atoms with Crippen LogP contribution in [-0.2, 0) is 0 Å². The molecule has 280 valence electrons. The predicted octanol–water partition coefficient (Wildman–Crippen LogP) is 15.9. The van der Waals surface area contributed by atoms with E-state index in [-0.39, 0.29) is 0 Å². The molecule has 59 heavy (non-hydrogen) atoms. The van der Waals surface area contributed by atoms with Crippen molar-refractivity contribution >= 4 is 59.5 Å². The van der Waals surface area contributed by atoms with Crippen molar-refractivity contribution in [3.63, 3.8) is 0 Å². The van der Waals surface area contributed by atoms with Crippen LogP contribution in [0.3, 0.4) is 0 Å². The van der Waals surface area contributed by atoms with Gasteiger partial charge in [-0.25, -0.2) is 0 Å². The van der Waals surface area contributed by atoms with E-state index in [0.717, 1.165) is 24.2 Å². The third-order valence-corrected chi connectivity index (χ3v) is 12.9. The molecule has 1 aliphatic rings. The molecular weight excluding hydrogens is 733 g/mol. The Morgan fingerprint density at radius 1 is 0.390 bits per heavy atom. The Balaban J connectivity index is 0.992. The van der Waals surface area contributed by atoms with Crippen molar-refractivity contribution < 1.29 is 0 Å². The smallest absolute Gasteiger partial charge is 0.0727 e. The van der Waals surface area contributed by atoms with Gasteiger partial charge in [0.1, 0.15) is 0 Å². The second kappa shape index (κ2) is 14.9. The molecule has 8 aromatic carbocycles. The van der Waals surface area contributed by atoms with E-state index in [2.05, 4.69) is 228 Å². The molecule has 1 aliphatic carbocycles. The van der Waals surface area contributed by atoms with E-state index in [1.807, 2.05) is 11.3 Å². The summed E-state index contributed by atoms with van der Waals surface area (Å²) in [6.07, 6.45) is 6.85. The number of benzene rings is 8. The van der Waals surface area contributed by atoms with Crippen molar-refractivity contribution in [2.24, 2.45) is 0 Å². The van der Waals surface area contributed by atoms with Gasteiger partial charge >= 0.3 is 0 Å². The Morgan fingerprint density at radius 2 is 0.898 bits per heavy atom. The van der Waals surface area contributed by atoms with E-state index < -0.39 is 0 Å². The molecule has 10 aromatic rings. The van der Waals surface area contributed by atoms with Gasteiger partial charge < -0.3 is 9.47 Å². The van der Waals surface area contributed by atoms with Crippen LogP contribution in [0, 0.1) is 0 Å². The summed E-state index contributed by atoms with van der Waals surface area (Å²) in [4.78, 5) is 2.44. The van der Waals surface area contributed by atoms with Gasteiger partial charge in [0.2, 0.25) is 0 Å². The second-order valence-corrected chi connectivity index (χ2v) is 16.2. The summed E-state index contributed by atoms with van der Waals surface area (Å²) in [6, 6.07) is 75.0. The molecule has 0 N–H and O–H groups in total. The lowest BCUT2D eigenvalue weighted by molar-refractivity contribution is 1.00. The van der Waals surface area contributed by atoms with Gasteiger partial charge in [0.05, 0.1) is 15.7 Å². The highest BCUT2D eigenvalue weighted by molar-refractivity contribution is 7.27. The van der Waals surface area contributed by atoms with Crippen molar-refractivity contribution in [3.05, 3.63) is 230 Å². The summed E-state index contributed by atoms with van der Waals surface area (Å²) in [6.45, 7) is 0. The van der Waals surface area contributed by atoms with Crippen LogP contribution in [0.2, 0.25) is 0 Å². The Kier molecular flexibility index (Phi) is 8.87. The number of nitrogens with zero attached hydrogens (tertiary/aromatic N) is 2. The number of hydrogen-bond donors (Lipinski definition) is 0. The SMILES string of the molecule is C1=C(c2ccccc2)C(N(c2ccc(-c3ccc(-c4ccccc4)cc3)cc2)c2ccc(-c3cccc4c3sc3c5ccccc5n(-c5ccccc5)c43)cc2)=CCC1. The van der Waals surface area contributed by atoms with Crippen LogP contribution in [0.1, 0.15) is 18.4 Å². The van der Waals surface area contributed by atoms with Gasteiger partial charge in [0.25, 0.3) is 0 Å². The fourth-order valence-electron chi connectivity index (χ4n) is 8.83. The minimum atomic E-state index is 1.00. The lowest BCUT2D eigenvalue weighted by Gasteiger charge is -2.31. The van der Waals surface area contributed by atoms with E-state index in [0.29, 0.717) is 0 Å². The number of para-hydroxylation sites is 2. The molecule has 0 unspecified atom stereocenters. The highest BCUT2D eigenvalue weighted by Crippen LogP contribution is 2.46. The van der Waals surface area contributed by atoms with Gasteiger partial charge in [-0.3, -0.25) is 0 Å². The first-order chi connectivity index (χ1) is 29.3. The summed E-state index contributed by atoms with van der Waals surface area (Å²) in [5.41, 5.74) is 17.0. The molecule has 2 nitrogen and oxygen atoms in total. The number of anilines is 2. The first-order valence-corrected chi connectivity index (χ1v) is 21.2. The molecule has 0 spiro atoms. The van der Waals surface area contributed by atoms with Crippen molar-refractivity contribution in [3.8, 4) is 39.1 Å². The molecule has 2 aromatic heterocycles. The number of fused-ring (bicyclic) bond motifs is 5. The first-order valence-electron chi connectivity index (χ1n) is 20.4. The maximum Gasteiger partial charge on any atom is 0.0727 e. The average Bonchev–Trinajstić information content (AvgIpc) is 3.86. The van der Waals surface area contributed by atoms with Gasteiger partial charge in [0, 0.05) is 43.8 Å². The van der Waals surface area contributed by atoms with E-state index >= 15 is 0 Å². The zero-order valence-electron chi connectivity index (χ0n) is 32.5. The van der Waals surface area contributed by atoms with Crippen molar-refractivity contribution in [1.29, 1.82) is 0 Å². The zero-order valence-corrected chi connectivity index (χ0v) is 33.3. The van der Waals surface area contributed by atoms with Gasteiger partial charge in [-0.1, -0.05) is 176 Å². The number of rotatable bonds is 8. The number of aromatic nitrogens is 1. The van der Waals surface area contributed by atoms with E-state index in [4.69, 9.17) is 0 Å². The van der Waals surface area contributed by atoms with Crippen LogP contribution in [-0.4, -0.2) is 4.57 Å². The fourth-order valence-corrected chi connectivity index (χ4v) is 10.2. The van der Waals surface area contributed by atoms with Crippen LogP contribution in [0.15, 0.2) is 224 Å². The Hall–Kier alpha value is -7.20. The van der Waals surface area contributed by atoms with Gasteiger partial charge in [0.15, 0.2) is 0 Å². The topological polar surface area (TPSA) is 8.17 Å². The monoisotopic (exact) mass is 772 g/mol. The van der Waals surface area contributed by atoms with E-state index in [1.54, 1.807) is 0 Å². The summed E-state index contributed by atoms with van der Waals surface area (Å²) >= 11 is 1.91. The number of allylic oxidation sites excluding steroid dienone is 3. The normalized spacial score (nSPS) is 12.8. The highest BCUT2D eigenvalue weighted by atomic mass is 32.1. The van der Waals surface area contributed by atoms with Crippen LogP contribution in [0.5, 0.6) is 0 Å². The maximum atomic E-state index is 2.44. The highest BCUT2D eigenvalue weighted by Gasteiger charge is 2.23. The predicted molar refractivity (Wildman–Crippen MR) is 253 cm³/mol. The van der Waals surface area contributed by atoms with Crippen LogP contribution in [0.25, 0.3) is 75.8 Å². The molecular formula is C56H40N2S. The van der Waals surface area contributed by atoms with E-state index in [1.165, 1.54) is 87.1 Å². The Labute approximate surface area is 348 Å². The molecule has 0 bridgehead atoms. The molecule has 0 fully saturated rings. The van der Waals surface area contributed by atoms with E-state index in [9.17, 15) is 0 Å². The fraction of sp³-hybridized carbons (Fsp3) is 0.0357. The molecule has 0 atom stereocenters. The van der Waals surface area contributed by atoms with Crippen molar-refractivity contribution in [2.75, 3.05) is 4.90 Å². The van der Waals surface area contributed by atoms with Gasteiger partial charge in [-0.2, -0.15) is 0 Å². The largest absolute Gasteiger partial charge is 0.310 e. The van der Waals surface area contributed by atoms with Crippen molar-refractivity contribution in [1.82, 2.24) is 4.57 Å². The second-order valence-electron chi connectivity index (χ2n) is 15.2. The van der Waals surface area contributed by atoms with Gasteiger partial charge in [-0.15, -0.1) is 11.3 Å². The quantitative estimate of drug-likeness (QED) is 0.149. The lowest BCUT2D eigenvalue weighted by Crippen LogP contribution is -2.19. The maximum absolute atomic E-state index is 2.44. The summed E-state index contributed by atoms with van der Waals surface area (Å²) in [7, 11) is 0. The van der Waals surface area contributed by atoms with Crippen molar-refractivity contribution in [2.45, 2.75) is 12.8 Å². The molecule has 11 rings (SSSR count). The molecule has 0 radical (unpaired) electrons. The Bertz CT molecular complexity index is 3150. The lowest BCUT2D eigenvalue weighted by atomic mass is 9.94. The third kappa shape index (κ3) is 6.28. The number of thiophene rings is 1. The molecule has 0 saturated heterocycles. The molecule has 0 aliphatic heterocycles. The zero-order chi connectivity index (χ0) is 39.1. The molecule has 0 saturated carbocycles. The van der Waals surface area contributed by atoms with Crippen LogP contribution < -0.4 is 4.90 Å². The molecule has 3 heteroatoms. The van der Waals surface area contributed by atoms with Crippen LogP contribution >= 0.6 is 11.3 Å². The summed E-state index contributed by atoms with van der Waals surface area (Å²) in [5.74, 6) is 0. The standard InChI is InChI=1S/C56H40N2S/c1-4-15-39(16-5-1)40-27-29-41(30-28-40)42-31-35-46(36-32-42)57(52-25-12-10-21-48(52)43-17-6-2-7-18-43)47-37-33-44(34-38-47)49-23-14-24-51-54-56(59-55(49)51)50-22-11-13-26-53(50)58(54)45-19-8-3-9-20-45/h1-9,11,13-38H,10,12H2. The third-order valence-electron chi connectivity index (χ3n) is 11.7.